The molecule has 1 fully saturated rings. The number of aliphatic hydroxyl groups is 1. The molecule has 0 spiro atoms. The minimum absolute atomic E-state index is 0.180. The van der Waals surface area contributed by atoms with Crippen LogP contribution < -0.4 is 5.32 Å². The number of hydrogen-bond acceptors (Lipinski definition) is 4. The number of aryl methyl sites for hydroxylation is 1. The van der Waals surface area contributed by atoms with Gasteiger partial charge < -0.3 is 10.4 Å². The number of fused-ring (bicyclic) bond motifs is 1. The van der Waals surface area contributed by atoms with Crippen LogP contribution in [0.1, 0.15) is 23.1 Å². The number of likely N-dealkylation sites (tertiary alicyclic amines) is 1. The van der Waals surface area contributed by atoms with Crippen molar-refractivity contribution in [2.24, 2.45) is 0 Å². The number of rotatable bonds is 5. The summed E-state index contributed by atoms with van der Waals surface area (Å²) in [7, 11) is 0. The summed E-state index contributed by atoms with van der Waals surface area (Å²) < 4.78 is 0. The second kappa shape index (κ2) is 7.44. The molecule has 134 valence electrons. The van der Waals surface area contributed by atoms with Gasteiger partial charge in [-0.25, -0.2) is 4.98 Å². The number of aliphatic hydroxyl groups excluding tert-OH is 1. The second-order valence-corrected chi connectivity index (χ2v) is 7.20. The highest BCUT2D eigenvalue weighted by Gasteiger charge is 2.20. The topological polar surface area (TPSA) is 48.4 Å². The van der Waals surface area contributed by atoms with Crippen LogP contribution >= 0.6 is 0 Å². The molecule has 0 amide bonds. The third kappa shape index (κ3) is 3.87. The number of benzene rings is 2. The molecule has 0 radical (unpaired) electrons. The average molecular weight is 347 g/mol. The number of nitrogens with one attached hydrogen (secondary N) is 1. The summed E-state index contributed by atoms with van der Waals surface area (Å²) in [5.74, 6) is 0.895. The predicted molar refractivity (Wildman–Crippen MR) is 106 cm³/mol. The van der Waals surface area contributed by atoms with Crippen molar-refractivity contribution in [1.29, 1.82) is 0 Å². The Bertz CT molecular complexity index is 892. The van der Waals surface area contributed by atoms with Gasteiger partial charge in [-0.15, -0.1) is 0 Å². The van der Waals surface area contributed by atoms with Crippen molar-refractivity contribution in [3.8, 4) is 0 Å². The number of aromatic nitrogens is 1. The molecule has 2 N–H and O–H groups in total. The summed E-state index contributed by atoms with van der Waals surface area (Å²) in [6.45, 7) is 5.46. The van der Waals surface area contributed by atoms with Crippen LogP contribution in [0, 0.1) is 6.92 Å². The molecule has 0 aliphatic carbocycles. The summed E-state index contributed by atoms with van der Waals surface area (Å²) in [4.78, 5) is 7.09. The summed E-state index contributed by atoms with van der Waals surface area (Å²) in [5.41, 5.74) is 4.81. The second-order valence-electron chi connectivity index (χ2n) is 7.20. The van der Waals surface area contributed by atoms with Gasteiger partial charge in [0.1, 0.15) is 5.82 Å². The molecule has 0 unspecified atom stereocenters. The summed E-state index contributed by atoms with van der Waals surface area (Å²) in [5, 5.41) is 14.3. The van der Waals surface area contributed by atoms with Crippen molar-refractivity contribution in [2.75, 3.05) is 18.4 Å². The maximum Gasteiger partial charge on any atom is 0.126 e. The van der Waals surface area contributed by atoms with Crippen LogP contribution in [-0.2, 0) is 13.1 Å². The molecule has 4 rings (SSSR count). The van der Waals surface area contributed by atoms with E-state index >= 15 is 0 Å². The Morgan fingerprint density at radius 2 is 1.96 bits per heavy atom. The van der Waals surface area contributed by atoms with Crippen molar-refractivity contribution in [2.45, 2.75) is 32.5 Å². The van der Waals surface area contributed by atoms with E-state index in [0.29, 0.717) is 0 Å². The lowest BCUT2D eigenvalue weighted by atomic mass is 10.1. The number of pyridine rings is 1. The highest BCUT2D eigenvalue weighted by molar-refractivity contribution is 5.83. The highest BCUT2D eigenvalue weighted by Crippen LogP contribution is 2.23. The molecule has 2 aromatic carbocycles. The number of β-amino-alcohol motifs (C(OH)–C–C–N with tert-alkyl or cyclic N) is 1. The largest absolute Gasteiger partial charge is 0.392 e. The van der Waals surface area contributed by atoms with Crippen LogP contribution in [0.5, 0.6) is 0 Å². The Morgan fingerprint density at radius 1 is 1.12 bits per heavy atom. The van der Waals surface area contributed by atoms with Crippen LogP contribution in [-0.4, -0.2) is 34.2 Å². The highest BCUT2D eigenvalue weighted by atomic mass is 16.3. The van der Waals surface area contributed by atoms with Crippen molar-refractivity contribution < 1.29 is 5.11 Å². The van der Waals surface area contributed by atoms with E-state index in [1.165, 1.54) is 22.1 Å². The van der Waals surface area contributed by atoms with E-state index in [-0.39, 0.29) is 6.10 Å². The van der Waals surface area contributed by atoms with Gasteiger partial charge in [-0.1, -0.05) is 42.0 Å². The van der Waals surface area contributed by atoms with E-state index in [9.17, 15) is 5.11 Å². The summed E-state index contributed by atoms with van der Waals surface area (Å²) >= 11 is 0. The van der Waals surface area contributed by atoms with Gasteiger partial charge >= 0.3 is 0 Å². The zero-order chi connectivity index (χ0) is 17.9. The Hall–Kier alpha value is -2.43. The fraction of sp³-hybridized carbons (Fsp3) is 0.318. The standard InChI is InChI=1S/C22H25N3O/c1-16-5-7-17(8-6-16)13-23-22-10-9-20-18(3-2-4-21(20)24-22)14-25-12-11-19(26)15-25/h2-10,19,26H,11-15H2,1H3,(H,23,24)/t19-/m1/s1. The van der Waals surface area contributed by atoms with Gasteiger partial charge in [-0.3, -0.25) is 4.90 Å². The number of nitrogens with zero attached hydrogens (tertiary/aromatic N) is 2. The van der Waals surface area contributed by atoms with Crippen molar-refractivity contribution in [3.05, 3.63) is 71.3 Å². The summed E-state index contributed by atoms with van der Waals surface area (Å²) in [6, 6.07) is 19.1. The molecule has 4 heteroatoms. The molecule has 1 atom stereocenters. The molecule has 1 aromatic heterocycles. The molecule has 26 heavy (non-hydrogen) atoms. The van der Waals surface area contributed by atoms with Gasteiger partial charge in [-0.05, 0) is 42.7 Å². The molecular weight excluding hydrogens is 322 g/mol. The maximum atomic E-state index is 9.73. The lowest BCUT2D eigenvalue weighted by Gasteiger charge is -2.16. The zero-order valence-electron chi connectivity index (χ0n) is 15.2. The van der Waals surface area contributed by atoms with Crippen LogP contribution in [0.15, 0.2) is 54.6 Å². The quantitative estimate of drug-likeness (QED) is 0.738. The maximum absolute atomic E-state index is 9.73. The fourth-order valence-electron chi connectivity index (χ4n) is 3.55. The number of anilines is 1. The first-order valence-electron chi connectivity index (χ1n) is 9.26. The van der Waals surface area contributed by atoms with Gasteiger partial charge in [0.15, 0.2) is 0 Å². The first kappa shape index (κ1) is 17.0. The van der Waals surface area contributed by atoms with E-state index < -0.39 is 0 Å². The molecule has 1 saturated heterocycles. The Morgan fingerprint density at radius 3 is 2.73 bits per heavy atom. The fourth-order valence-corrected chi connectivity index (χ4v) is 3.55. The molecule has 1 aliphatic rings. The van der Waals surface area contributed by atoms with Crippen LogP contribution in [0.25, 0.3) is 10.9 Å². The van der Waals surface area contributed by atoms with E-state index in [1.54, 1.807) is 0 Å². The van der Waals surface area contributed by atoms with E-state index in [1.807, 2.05) is 0 Å². The van der Waals surface area contributed by atoms with Crippen molar-refractivity contribution in [3.63, 3.8) is 0 Å². The Kier molecular flexibility index (Phi) is 4.87. The Labute approximate surface area is 154 Å². The number of hydrogen-bond donors (Lipinski definition) is 2. The van der Waals surface area contributed by atoms with E-state index in [4.69, 9.17) is 4.98 Å². The van der Waals surface area contributed by atoms with Gasteiger partial charge in [-0.2, -0.15) is 0 Å². The zero-order valence-corrected chi connectivity index (χ0v) is 15.2. The van der Waals surface area contributed by atoms with Crippen LogP contribution in [0.4, 0.5) is 5.82 Å². The molecule has 4 nitrogen and oxygen atoms in total. The molecule has 0 saturated carbocycles. The van der Waals surface area contributed by atoms with Gasteiger partial charge in [0.2, 0.25) is 0 Å². The minimum Gasteiger partial charge on any atom is -0.392 e. The van der Waals surface area contributed by atoms with E-state index in [2.05, 4.69) is 71.7 Å². The SMILES string of the molecule is Cc1ccc(CNc2ccc3c(CN4CC[C@@H](O)C4)cccc3n2)cc1. The average Bonchev–Trinajstić information content (AvgIpc) is 3.06. The van der Waals surface area contributed by atoms with Gasteiger partial charge in [0, 0.05) is 31.6 Å². The Balaban J connectivity index is 1.49. The smallest absolute Gasteiger partial charge is 0.126 e. The van der Waals surface area contributed by atoms with Crippen LogP contribution in [0.3, 0.4) is 0 Å². The molecule has 1 aliphatic heterocycles. The first-order chi connectivity index (χ1) is 12.7. The molecule has 3 aromatic rings. The third-order valence-electron chi connectivity index (χ3n) is 5.06. The van der Waals surface area contributed by atoms with Crippen LogP contribution in [0.2, 0.25) is 0 Å². The van der Waals surface area contributed by atoms with Crippen molar-refractivity contribution >= 4 is 16.7 Å². The van der Waals surface area contributed by atoms with Crippen molar-refractivity contribution in [1.82, 2.24) is 9.88 Å². The lowest BCUT2D eigenvalue weighted by Crippen LogP contribution is -2.21. The lowest BCUT2D eigenvalue weighted by molar-refractivity contribution is 0.175. The van der Waals surface area contributed by atoms with Gasteiger partial charge in [0.05, 0.1) is 11.6 Å². The van der Waals surface area contributed by atoms with Gasteiger partial charge in [0.25, 0.3) is 0 Å². The monoisotopic (exact) mass is 347 g/mol. The summed E-state index contributed by atoms with van der Waals surface area (Å²) in [6.07, 6.45) is 0.691. The first-order valence-corrected chi connectivity index (χ1v) is 9.26. The molecule has 0 bridgehead atoms. The molecular formula is C22H25N3O. The predicted octanol–water partition coefficient (Wildman–Crippen LogP) is 3.72. The van der Waals surface area contributed by atoms with E-state index in [0.717, 1.165) is 43.9 Å². The molecule has 2 heterocycles. The minimum atomic E-state index is -0.180. The third-order valence-corrected chi connectivity index (χ3v) is 5.06. The normalized spacial score (nSPS) is 17.7.